The van der Waals surface area contributed by atoms with Crippen LogP contribution in [-0.2, 0) is 11.8 Å². The van der Waals surface area contributed by atoms with Crippen LogP contribution in [0.3, 0.4) is 0 Å². The maximum absolute atomic E-state index is 12.2. The fraction of sp³-hybridized carbons (Fsp3) is 0.375. The molecule has 2 heterocycles. The van der Waals surface area contributed by atoms with Gasteiger partial charge in [-0.05, 0) is 22.0 Å². The maximum atomic E-state index is 12.2. The molecular weight excluding hydrogens is 360 g/mol. The molecule has 0 unspecified atom stereocenters. The average molecular weight is 379 g/mol. The lowest BCUT2D eigenvalue weighted by molar-refractivity contribution is -0.388. The van der Waals surface area contributed by atoms with Crippen LogP contribution in [0.4, 0.5) is 17.3 Å². The number of carbonyl (C=O) groups excluding carboxylic acids is 1. The summed E-state index contributed by atoms with van der Waals surface area (Å²) < 4.78 is 1.65. The fourth-order valence-electron chi connectivity index (χ4n) is 2.98. The van der Waals surface area contributed by atoms with E-state index in [0.29, 0.717) is 42.7 Å². The van der Waals surface area contributed by atoms with Gasteiger partial charge in [-0.15, -0.1) is 0 Å². The van der Waals surface area contributed by atoms with Crippen LogP contribution in [0.1, 0.15) is 0 Å². The molecule has 3 rings (SSSR count). The van der Waals surface area contributed by atoms with E-state index < -0.39 is 4.92 Å². The van der Waals surface area contributed by atoms with Crippen LogP contribution >= 0.6 is 11.6 Å². The molecule has 0 radical (unpaired) electrons. The second-order valence-electron chi connectivity index (χ2n) is 6.05. The van der Waals surface area contributed by atoms with Gasteiger partial charge in [0.25, 0.3) is 0 Å². The summed E-state index contributed by atoms with van der Waals surface area (Å²) >= 11 is 6.04. The van der Waals surface area contributed by atoms with E-state index >= 15 is 0 Å². The van der Waals surface area contributed by atoms with Crippen molar-refractivity contribution in [1.29, 1.82) is 0 Å². The normalized spacial score (nSPS) is 15.1. The SMILES string of the molecule is Cn1cnc([N+](=O)[O-])c1N1CCN(CC(=O)Nc2ccccc2Cl)CC1. The Balaban J connectivity index is 1.56. The van der Waals surface area contributed by atoms with Crippen molar-refractivity contribution in [2.75, 3.05) is 42.9 Å². The van der Waals surface area contributed by atoms with Crippen LogP contribution in [0.15, 0.2) is 30.6 Å². The second-order valence-corrected chi connectivity index (χ2v) is 6.46. The molecule has 1 saturated heterocycles. The number of halogens is 1. The summed E-state index contributed by atoms with van der Waals surface area (Å²) in [6.45, 7) is 2.66. The lowest BCUT2D eigenvalue weighted by Crippen LogP contribution is -2.49. The first kappa shape index (κ1) is 18.2. The fourth-order valence-corrected chi connectivity index (χ4v) is 3.16. The highest BCUT2D eigenvalue weighted by atomic mass is 35.5. The van der Waals surface area contributed by atoms with Crippen LogP contribution in [0.2, 0.25) is 5.02 Å². The molecule has 138 valence electrons. The van der Waals surface area contributed by atoms with E-state index in [0.717, 1.165) is 0 Å². The van der Waals surface area contributed by atoms with Crippen molar-refractivity contribution in [2.24, 2.45) is 7.05 Å². The minimum atomic E-state index is -0.473. The number of aryl methyl sites for hydroxylation is 1. The highest BCUT2D eigenvalue weighted by Crippen LogP contribution is 2.26. The smallest absolute Gasteiger partial charge is 0.358 e. The molecule has 26 heavy (non-hydrogen) atoms. The summed E-state index contributed by atoms with van der Waals surface area (Å²) in [5.41, 5.74) is 0.586. The number of hydrogen-bond acceptors (Lipinski definition) is 6. The van der Waals surface area contributed by atoms with E-state index in [1.54, 1.807) is 35.9 Å². The summed E-state index contributed by atoms with van der Waals surface area (Å²) in [5.74, 6) is 0.214. The number of anilines is 2. The number of nitro groups is 1. The third-order valence-electron chi connectivity index (χ3n) is 4.25. The van der Waals surface area contributed by atoms with Gasteiger partial charge in [0, 0.05) is 33.2 Å². The van der Waals surface area contributed by atoms with Gasteiger partial charge in [-0.3, -0.25) is 14.3 Å². The Kier molecular flexibility index (Phi) is 5.38. The summed E-state index contributed by atoms with van der Waals surface area (Å²) in [7, 11) is 1.73. The van der Waals surface area contributed by atoms with Crippen molar-refractivity contribution < 1.29 is 9.72 Å². The minimum Gasteiger partial charge on any atom is -0.358 e. The molecule has 0 aliphatic carbocycles. The highest BCUT2D eigenvalue weighted by Gasteiger charge is 2.28. The van der Waals surface area contributed by atoms with Gasteiger partial charge in [-0.2, -0.15) is 0 Å². The quantitative estimate of drug-likeness (QED) is 0.628. The van der Waals surface area contributed by atoms with Crippen molar-refractivity contribution in [3.05, 3.63) is 45.7 Å². The van der Waals surface area contributed by atoms with Gasteiger partial charge in [0.05, 0.1) is 17.3 Å². The topological polar surface area (TPSA) is 96.5 Å². The van der Waals surface area contributed by atoms with Gasteiger partial charge < -0.3 is 20.3 Å². The summed E-state index contributed by atoms with van der Waals surface area (Å²) in [5, 5.41) is 14.4. The Morgan fingerprint density at radius 3 is 2.65 bits per heavy atom. The molecule has 2 aromatic rings. The third-order valence-corrected chi connectivity index (χ3v) is 4.58. The van der Waals surface area contributed by atoms with Crippen LogP contribution in [-0.4, -0.2) is 58.0 Å². The Hall–Kier alpha value is -2.65. The lowest BCUT2D eigenvalue weighted by atomic mass is 10.3. The summed E-state index contributed by atoms with van der Waals surface area (Å²) in [4.78, 5) is 30.6. The number of benzene rings is 1. The summed E-state index contributed by atoms with van der Waals surface area (Å²) in [6, 6.07) is 7.08. The van der Waals surface area contributed by atoms with Gasteiger partial charge in [0.2, 0.25) is 18.1 Å². The molecule has 0 atom stereocenters. The molecular formula is C16H19ClN6O3. The molecule has 1 fully saturated rings. The monoisotopic (exact) mass is 378 g/mol. The first-order chi connectivity index (χ1) is 12.5. The van der Waals surface area contributed by atoms with Crippen molar-refractivity contribution in [3.63, 3.8) is 0 Å². The molecule has 1 amide bonds. The zero-order valence-corrected chi connectivity index (χ0v) is 15.0. The molecule has 10 heteroatoms. The first-order valence-corrected chi connectivity index (χ1v) is 8.51. The van der Waals surface area contributed by atoms with Crippen LogP contribution in [0.25, 0.3) is 0 Å². The highest BCUT2D eigenvalue weighted by molar-refractivity contribution is 6.33. The van der Waals surface area contributed by atoms with Crippen molar-refractivity contribution in [3.8, 4) is 0 Å². The zero-order chi connectivity index (χ0) is 18.7. The Morgan fingerprint density at radius 1 is 1.31 bits per heavy atom. The average Bonchev–Trinajstić information content (AvgIpc) is 2.99. The van der Waals surface area contributed by atoms with Gasteiger partial charge in [-0.25, -0.2) is 0 Å². The molecule has 1 aromatic heterocycles. The number of aromatic nitrogens is 2. The zero-order valence-electron chi connectivity index (χ0n) is 14.3. The van der Waals surface area contributed by atoms with Gasteiger partial charge in [0.15, 0.2) is 0 Å². The number of imidazole rings is 1. The van der Waals surface area contributed by atoms with Crippen molar-refractivity contribution in [1.82, 2.24) is 14.5 Å². The number of para-hydroxylation sites is 1. The molecule has 1 aliphatic rings. The molecule has 1 aromatic carbocycles. The summed E-state index contributed by atoms with van der Waals surface area (Å²) in [6.07, 6.45) is 1.44. The standard InChI is InChI=1S/C16H19ClN6O3/c1-20-11-18-15(23(25)26)16(20)22-8-6-21(7-9-22)10-14(24)19-13-5-3-2-4-12(13)17/h2-5,11H,6-10H2,1H3,(H,19,24). The number of hydrogen-bond donors (Lipinski definition) is 1. The maximum Gasteiger partial charge on any atom is 0.406 e. The Bertz CT molecular complexity index is 816. The molecule has 9 nitrogen and oxygen atoms in total. The van der Waals surface area contributed by atoms with Crippen molar-refractivity contribution in [2.45, 2.75) is 0 Å². The number of carbonyl (C=O) groups is 1. The largest absolute Gasteiger partial charge is 0.406 e. The predicted octanol–water partition coefficient (Wildman–Crippen LogP) is 1.74. The van der Waals surface area contributed by atoms with E-state index in [2.05, 4.69) is 10.3 Å². The number of amides is 1. The minimum absolute atomic E-state index is 0.141. The molecule has 0 bridgehead atoms. The van der Waals surface area contributed by atoms with E-state index in [4.69, 9.17) is 11.6 Å². The third kappa shape index (κ3) is 3.94. The first-order valence-electron chi connectivity index (χ1n) is 8.13. The van der Waals surface area contributed by atoms with E-state index in [1.807, 2.05) is 9.80 Å². The number of piperazine rings is 1. The van der Waals surface area contributed by atoms with E-state index in [1.165, 1.54) is 6.33 Å². The lowest BCUT2D eigenvalue weighted by Gasteiger charge is -2.34. The molecule has 1 aliphatic heterocycles. The van der Waals surface area contributed by atoms with Crippen LogP contribution in [0, 0.1) is 10.1 Å². The van der Waals surface area contributed by atoms with E-state index in [9.17, 15) is 14.9 Å². The van der Waals surface area contributed by atoms with Gasteiger partial charge in [-0.1, -0.05) is 23.7 Å². The molecule has 1 N–H and O–H groups in total. The molecule has 0 spiro atoms. The molecule has 0 saturated carbocycles. The number of nitrogens with zero attached hydrogens (tertiary/aromatic N) is 5. The number of rotatable bonds is 5. The van der Waals surface area contributed by atoms with Gasteiger partial charge in [0.1, 0.15) is 0 Å². The Morgan fingerprint density at radius 2 is 2.00 bits per heavy atom. The Labute approximate surface area is 155 Å². The van der Waals surface area contributed by atoms with Crippen LogP contribution < -0.4 is 10.2 Å². The second kappa shape index (κ2) is 7.71. The number of nitrogens with one attached hydrogen (secondary N) is 1. The predicted molar refractivity (Wildman–Crippen MR) is 98.6 cm³/mol. The van der Waals surface area contributed by atoms with E-state index in [-0.39, 0.29) is 18.3 Å². The van der Waals surface area contributed by atoms with Crippen LogP contribution in [0.5, 0.6) is 0 Å². The van der Waals surface area contributed by atoms with Gasteiger partial charge >= 0.3 is 5.82 Å². The van der Waals surface area contributed by atoms with Crippen molar-refractivity contribution >= 4 is 34.8 Å².